The first-order valence-corrected chi connectivity index (χ1v) is 7.08. The molecule has 2 N–H and O–H groups in total. The van der Waals surface area contributed by atoms with Crippen molar-refractivity contribution in [1.29, 1.82) is 0 Å². The lowest BCUT2D eigenvalue weighted by Gasteiger charge is -2.31. The highest BCUT2D eigenvalue weighted by Crippen LogP contribution is 2.16. The van der Waals surface area contributed by atoms with Crippen LogP contribution in [-0.2, 0) is 0 Å². The predicted octanol–water partition coefficient (Wildman–Crippen LogP) is 2.27. The monoisotopic (exact) mass is 266 g/mol. The summed E-state index contributed by atoms with van der Waals surface area (Å²) in [5, 5.41) is 0. The number of hydrogen-bond acceptors (Lipinski definition) is 3. The predicted molar refractivity (Wildman–Crippen MR) is 74.7 cm³/mol. The van der Waals surface area contributed by atoms with E-state index in [9.17, 15) is 4.39 Å². The summed E-state index contributed by atoms with van der Waals surface area (Å²) in [5.41, 5.74) is 5.68. The first-order valence-electron chi connectivity index (χ1n) is 7.08. The molecule has 1 aromatic rings. The molecule has 0 spiro atoms. The molecule has 1 aliphatic heterocycles. The van der Waals surface area contributed by atoms with Crippen LogP contribution in [0.15, 0.2) is 24.3 Å². The van der Waals surface area contributed by atoms with E-state index >= 15 is 0 Å². The number of benzene rings is 1. The van der Waals surface area contributed by atoms with E-state index in [4.69, 9.17) is 10.5 Å². The second-order valence-electron chi connectivity index (χ2n) is 5.18. The molecule has 0 radical (unpaired) electrons. The van der Waals surface area contributed by atoms with E-state index in [1.165, 1.54) is 25.0 Å². The Labute approximate surface area is 114 Å². The van der Waals surface area contributed by atoms with E-state index in [-0.39, 0.29) is 5.82 Å². The van der Waals surface area contributed by atoms with Crippen molar-refractivity contribution in [3.05, 3.63) is 30.1 Å². The number of hydrogen-bond donors (Lipinski definition) is 1. The van der Waals surface area contributed by atoms with Gasteiger partial charge in [-0.1, -0.05) is 0 Å². The maximum atomic E-state index is 12.7. The highest BCUT2D eigenvalue weighted by Gasteiger charge is 2.17. The minimum atomic E-state index is -0.227. The molecule has 0 atom stereocenters. The molecule has 106 valence electrons. The maximum Gasteiger partial charge on any atom is 0.123 e. The van der Waals surface area contributed by atoms with Gasteiger partial charge in [0.2, 0.25) is 0 Å². The van der Waals surface area contributed by atoms with Crippen molar-refractivity contribution in [2.75, 3.05) is 32.8 Å². The number of nitrogens with zero attached hydrogens (tertiary/aromatic N) is 1. The topological polar surface area (TPSA) is 38.5 Å². The molecule has 0 aliphatic carbocycles. The van der Waals surface area contributed by atoms with Crippen LogP contribution in [0, 0.1) is 11.7 Å². The Hall–Kier alpha value is -1.13. The third kappa shape index (κ3) is 4.80. The lowest BCUT2D eigenvalue weighted by Crippen LogP contribution is -2.37. The molecule has 0 saturated carbocycles. The third-order valence-corrected chi connectivity index (χ3v) is 3.74. The Balaban J connectivity index is 1.58. The van der Waals surface area contributed by atoms with E-state index in [0.29, 0.717) is 12.5 Å². The summed E-state index contributed by atoms with van der Waals surface area (Å²) < 4.78 is 18.3. The highest BCUT2D eigenvalue weighted by molar-refractivity contribution is 5.21. The minimum absolute atomic E-state index is 0.227. The zero-order chi connectivity index (χ0) is 13.5. The fraction of sp³-hybridized carbons (Fsp3) is 0.600. The van der Waals surface area contributed by atoms with Crippen molar-refractivity contribution in [3.63, 3.8) is 0 Å². The van der Waals surface area contributed by atoms with Crippen LogP contribution in [0.1, 0.15) is 19.3 Å². The number of ether oxygens (including phenoxy) is 1. The van der Waals surface area contributed by atoms with Gasteiger partial charge in [-0.2, -0.15) is 0 Å². The van der Waals surface area contributed by atoms with Gasteiger partial charge in [0.1, 0.15) is 11.6 Å². The van der Waals surface area contributed by atoms with Crippen LogP contribution in [0.2, 0.25) is 0 Å². The minimum Gasteiger partial charge on any atom is -0.494 e. The number of nitrogens with two attached hydrogens (primary N) is 1. The summed E-state index contributed by atoms with van der Waals surface area (Å²) in [4.78, 5) is 2.47. The zero-order valence-electron chi connectivity index (χ0n) is 11.4. The summed E-state index contributed by atoms with van der Waals surface area (Å²) in [6.07, 6.45) is 3.44. The SMILES string of the molecule is NCC1CCN(CCCOc2ccc(F)cc2)CC1. The average Bonchev–Trinajstić information content (AvgIpc) is 2.46. The lowest BCUT2D eigenvalue weighted by molar-refractivity contribution is 0.173. The normalized spacial score (nSPS) is 17.6. The number of likely N-dealkylation sites (tertiary alicyclic amines) is 1. The van der Waals surface area contributed by atoms with E-state index in [1.807, 2.05) is 0 Å². The number of piperidine rings is 1. The van der Waals surface area contributed by atoms with Crippen molar-refractivity contribution >= 4 is 0 Å². The Morgan fingerprint density at radius 3 is 2.53 bits per heavy atom. The molecule has 1 aliphatic rings. The first kappa shape index (κ1) is 14.3. The molecule has 1 heterocycles. The van der Waals surface area contributed by atoms with E-state index < -0.39 is 0 Å². The van der Waals surface area contributed by atoms with Crippen LogP contribution in [0.5, 0.6) is 5.75 Å². The van der Waals surface area contributed by atoms with E-state index in [1.54, 1.807) is 12.1 Å². The van der Waals surface area contributed by atoms with Crippen LogP contribution < -0.4 is 10.5 Å². The summed E-state index contributed by atoms with van der Waals surface area (Å²) >= 11 is 0. The van der Waals surface area contributed by atoms with Gasteiger partial charge in [-0.25, -0.2) is 4.39 Å². The van der Waals surface area contributed by atoms with Crippen LogP contribution in [-0.4, -0.2) is 37.7 Å². The largest absolute Gasteiger partial charge is 0.494 e. The number of rotatable bonds is 6. The van der Waals surface area contributed by atoms with Gasteiger partial charge in [-0.05, 0) is 69.1 Å². The summed E-state index contributed by atoms with van der Waals surface area (Å²) in [7, 11) is 0. The Bertz CT molecular complexity index is 361. The van der Waals surface area contributed by atoms with Crippen molar-refractivity contribution in [2.45, 2.75) is 19.3 Å². The fourth-order valence-corrected chi connectivity index (χ4v) is 2.45. The average molecular weight is 266 g/mol. The van der Waals surface area contributed by atoms with Crippen LogP contribution in [0.4, 0.5) is 4.39 Å². The number of halogens is 1. The molecular formula is C15H23FN2O. The summed E-state index contributed by atoms with van der Waals surface area (Å²) in [6, 6.07) is 6.18. The maximum absolute atomic E-state index is 12.7. The van der Waals surface area contributed by atoms with Gasteiger partial charge in [0.15, 0.2) is 0 Å². The van der Waals surface area contributed by atoms with Crippen LogP contribution in [0.3, 0.4) is 0 Å². The first-order chi connectivity index (χ1) is 9.28. The van der Waals surface area contributed by atoms with Crippen molar-refractivity contribution in [3.8, 4) is 5.75 Å². The molecule has 4 heteroatoms. The van der Waals surface area contributed by atoms with Gasteiger partial charge < -0.3 is 15.4 Å². The van der Waals surface area contributed by atoms with Gasteiger partial charge in [0.05, 0.1) is 6.61 Å². The van der Waals surface area contributed by atoms with Gasteiger partial charge in [-0.3, -0.25) is 0 Å². The second-order valence-corrected chi connectivity index (χ2v) is 5.18. The zero-order valence-corrected chi connectivity index (χ0v) is 11.4. The molecule has 3 nitrogen and oxygen atoms in total. The van der Waals surface area contributed by atoms with Crippen molar-refractivity contribution in [2.24, 2.45) is 11.7 Å². The molecule has 19 heavy (non-hydrogen) atoms. The van der Waals surface area contributed by atoms with Crippen LogP contribution >= 0.6 is 0 Å². The standard InChI is InChI=1S/C15H23FN2O/c16-14-2-4-15(5-3-14)19-11-1-8-18-9-6-13(12-17)7-10-18/h2-5,13H,1,6-12,17H2. The van der Waals surface area contributed by atoms with Gasteiger partial charge >= 0.3 is 0 Å². The molecule has 0 bridgehead atoms. The second kappa shape index (κ2) is 7.46. The lowest BCUT2D eigenvalue weighted by atomic mass is 9.97. The van der Waals surface area contributed by atoms with E-state index in [0.717, 1.165) is 38.3 Å². The molecular weight excluding hydrogens is 243 g/mol. The quantitative estimate of drug-likeness (QED) is 0.803. The summed E-state index contributed by atoms with van der Waals surface area (Å²) in [6.45, 7) is 4.87. The molecule has 1 aromatic carbocycles. The molecule has 0 unspecified atom stereocenters. The third-order valence-electron chi connectivity index (χ3n) is 3.74. The smallest absolute Gasteiger partial charge is 0.123 e. The highest BCUT2D eigenvalue weighted by atomic mass is 19.1. The Kier molecular flexibility index (Phi) is 5.61. The molecule has 2 rings (SSSR count). The van der Waals surface area contributed by atoms with Crippen molar-refractivity contribution in [1.82, 2.24) is 4.90 Å². The molecule has 0 amide bonds. The molecule has 1 fully saturated rings. The summed E-state index contributed by atoms with van der Waals surface area (Å²) in [5.74, 6) is 1.23. The van der Waals surface area contributed by atoms with Gasteiger partial charge in [0.25, 0.3) is 0 Å². The fourth-order valence-electron chi connectivity index (χ4n) is 2.45. The molecule has 0 aromatic heterocycles. The van der Waals surface area contributed by atoms with Gasteiger partial charge in [-0.15, -0.1) is 0 Å². The van der Waals surface area contributed by atoms with Gasteiger partial charge in [0, 0.05) is 6.54 Å². The van der Waals surface area contributed by atoms with E-state index in [2.05, 4.69) is 4.90 Å². The van der Waals surface area contributed by atoms with Crippen LogP contribution in [0.25, 0.3) is 0 Å². The van der Waals surface area contributed by atoms with Crippen molar-refractivity contribution < 1.29 is 9.13 Å². The molecule has 1 saturated heterocycles. The Morgan fingerprint density at radius 1 is 1.21 bits per heavy atom. The Morgan fingerprint density at radius 2 is 1.89 bits per heavy atom.